The lowest BCUT2D eigenvalue weighted by Crippen LogP contribution is -2.46. The molecule has 3 rings (SSSR count). The summed E-state index contributed by atoms with van der Waals surface area (Å²) in [5.41, 5.74) is 3.99. The van der Waals surface area contributed by atoms with Crippen molar-refractivity contribution in [1.29, 1.82) is 0 Å². The molecule has 0 aromatic heterocycles. The number of ether oxygens (including phenoxy) is 3. The van der Waals surface area contributed by atoms with Gasteiger partial charge in [-0.2, -0.15) is 0 Å². The van der Waals surface area contributed by atoms with E-state index in [1.165, 1.54) is 5.56 Å². The number of allylic oxidation sites excluding steroid dienone is 1. The van der Waals surface area contributed by atoms with Gasteiger partial charge in [0.25, 0.3) is 0 Å². The molecule has 1 aliphatic heterocycles. The summed E-state index contributed by atoms with van der Waals surface area (Å²) in [6.07, 6.45) is 2.38. The van der Waals surface area contributed by atoms with E-state index in [2.05, 4.69) is 17.6 Å². The number of benzene rings is 2. The van der Waals surface area contributed by atoms with Crippen molar-refractivity contribution in [3.8, 4) is 11.5 Å². The SMILES string of the molecule is CCCCC1=C(C(=O)OCC)C(c2ccc(OCc3ccc(C)cc3)c(OCC)c2)NC(=O)N1. The molecule has 2 N–H and O–H groups in total. The zero-order valence-corrected chi connectivity index (χ0v) is 20.4. The minimum Gasteiger partial charge on any atom is -0.490 e. The van der Waals surface area contributed by atoms with E-state index in [-0.39, 0.29) is 12.6 Å². The van der Waals surface area contributed by atoms with Gasteiger partial charge in [0.05, 0.1) is 24.8 Å². The second-order valence-corrected chi connectivity index (χ2v) is 8.16. The lowest BCUT2D eigenvalue weighted by atomic mass is 9.93. The third-order valence-corrected chi connectivity index (χ3v) is 5.55. The number of urea groups is 1. The third-order valence-electron chi connectivity index (χ3n) is 5.55. The number of carbonyl (C=O) groups excluding carboxylic acids is 2. The molecular formula is C27H34N2O5. The first-order valence-electron chi connectivity index (χ1n) is 11.9. The Balaban J connectivity index is 1.93. The number of rotatable bonds is 11. The lowest BCUT2D eigenvalue weighted by molar-refractivity contribution is -0.139. The van der Waals surface area contributed by atoms with Crippen molar-refractivity contribution in [2.75, 3.05) is 13.2 Å². The summed E-state index contributed by atoms with van der Waals surface area (Å²) in [6, 6.07) is 12.6. The molecular weight excluding hydrogens is 432 g/mol. The van der Waals surface area contributed by atoms with Crippen LogP contribution in [0.2, 0.25) is 0 Å². The average Bonchev–Trinajstić information content (AvgIpc) is 2.82. The number of aryl methyl sites for hydroxylation is 1. The highest BCUT2D eigenvalue weighted by molar-refractivity contribution is 5.95. The normalized spacial score (nSPS) is 15.4. The predicted octanol–water partition coefficient (Wildman–Crippen LogP) is 5.33. The number of nitrogens with one attached hydrogen (secondary N) is 2. The van der Waals surface area contributed by atoms with Gasteiger partial charge in [0, 0.05) is 5.70 Å². The van der Waals surface area contributed by atoms with Gasteiger partial charge in [-0.05, 0) is 56.9 Å². The van der Waals surface area contributed by atoms with Gasteiger partial charge in [0.2, 0.25) is 0 Å². The van der Waals surface area contributed by atoms with Gasteiger partial charge >= 0.3 is 12.0 Å². The molecule has 1 atom stereocenters. The minimum atomic E-state index is -0.648. The van der Waals surface area contributed by atoms with Gasteiger partial charge in [-0.3, -0.25) is 0 Å². The number of hydrogen-bond donors (Lipinski definition) is 2. The van der Waals surface area contributed by atoms with Crippen LogP contribution in [0.3, 0.4) is 0 Å². The topological polar surface area (TPSA) is 85.9 Å². The lowest BCUT2D eigenvalue weighted by Gasteiger charge is -2.30. The molecule has 0 saturated carbocycles. The molecule has 1 aliphatic rings. The Bertz CT molecular complexity index is 1030. The van der Waals surface area contributed by atoms with Crippen LogP contribution in [0.4, 0.5) is 4.79 Å². The summed E-state index contributed by atoms with van der Waals surface area (Å²) in [4.78, 5) is 25.3. The van der Waals surface area contributed by atoms with E-state index in [0.717, 1.165) is 24.0 Å². The molecule has 0 aliphatic carbocycles. The predicted molar refractivity (Wildman–Crippen MR) is 131 cm³/mol. The molecule has 34 heavy (non-hydrogen) atoms. The Morgan fingerprint density at radius 1 is 0.971 bits per heavy atom. The third kappa shape index (κ3) is 6.31. The number of hydrogen-bond acceptors (Lipinski definition) is 5. The summed E-state index contributed by atoms with van der Waals surface area (Å²) in [5.74, 6) is 0.710. The molecule has 0 bridgehead atoms. The van der Waals surface area contributed by atoms with E-state index in [1.54, 1.807) is 6.92 Å². The number of unbranched alkanes of at least 4 members (excludes halogenated alkanes) is 1. The monoisotopic (exact) mass is 466 g/mol. The second-order valence-electron chi connectivity index (χ2n) is 8.16. The van der Waals surface area contributed by atoms with E-state index >= 15 is 0 Å². The van der Waals surface area contributed by atoms with E-state index in [0.29, 0.717) is 42.4 Å². The quantitative estimate of drug-likeness (QED) is 0.437. The first kappa shape index (κ1) is 25.1. The zero-order valence-electron chi connectivity index (χ0n) is 20.4. The number of amides is 2. The highest BCUT2D eigenvalue weighted by Gasteiger charge is 2.34. The molecule has 0 saturated heterocycles. The molecule has 2 amide bonds. The molecule has 2 aromatic rings. The van der Waals surface area contributed by atoms with Crippen molar-refractivity contribution in [2.24, 2.45) is 0 Å². The molecule has 7 nitrogen and oxygen atoms in total. The molecule has 0 radical (unpaired) electrons. The fourth-order valence-corrected chi connectivity index (χ4v) is 3.81. The van der Waals surface area contributed by atoms with Crippen LogP contribution in [0.15, 0.2) is 53.7 Å². The second kappa shape index (κ2) is 12.1. The summed E-state index contributed by atoms with van der Waals surface area (Å²) in [6.45, 7) is 8.87. The van der Waals surface area contributed by atoms with Crippen molar-refractivity contribution in [1.82, 2.24) is 10.6 Å². The van der Waals surface area contributed by atoms with Crippen LogP contribution < -0.4 is 20.1 Å². The van der Waals surface area contributed by atoms with Crippen molar-refractivity contribution in [3.05, 3.63) is 70.4 Å². The molecule has 7 heteroatoms. The Morgan fingerprint density at radius 3 is 2.41 bits per heavy atom. The van der Waals surface area contributed by atoms with E-state index in [9.17, 15) is 9.59 Å². The van der Waals surface area contributed by atoms with Crippen molar-refractivity contribution in [2.45, 2.75) is 59.6 Å². The maximum absolute atomic E-state index is 12.9. The van der Waals surface area contributed by atoms with Gasteiger partial charge in [0.1, 0.15) is 6.61 Å². The fourth-order valence-electron chi connectivity index (χ4n) is 3.81. The zero-order chi connectivity index (χ0) is 24.5. The molecule has 1 heterocycles. The van der Waals surface area contributed by atoms with Gasteiger partial charge < -0.3 is 24.8 Å². The summed E-state index contributed by atoms with van der Waals surface area (Å²) in [5, 5.41) is 5.68. The van der Waals surface area contributed by atoms with Crippen LogP contribution in [0.5, 0.6) is 11.5 Å². The molecule has 0 fully saturated rings. The van der Waals surface area contributed by atoms with Crippen molar-refractivity contribution >= 4 is 12.0 Å². The summed E-state index contributed by atoms with van der Waals surface area (Å²) >= 11 is 0. The Hall–Kier alpha value is -3.48. The molecule has 0 spiro atoms. The fraction of sp³-hybridized carbons (Fsp3) is 0.407. The largest absolute Gasteiger partial charge is 0.490 e. The first-order valence-corrected chi connectivity index (χ1v) is 11.9. The number of esters is 1. The Kier molecular flexibility index (Phi) is 8.96. The van der Waals surface area contributed by atoms with Gasteiger partial charge in [-0.25, -0.2) is 9.59 Å². The smallest absolute Gasteiger partial charge is 0.338 e. The Labute approximate surface area is 201 Å². The van der Waals surface area contributed by atoms with E-state index in [4.69, 9.17) is 14.2 Å². The van der Waals surface area contributed by atoms with Crippen LogP contribution in [-0.2, 0) is 16.1 Å². The maximum atomic E-state index is 12.9. The van der Waals surface area contributed by atoms with Crippen LogP contribution in [-0.4, -0.2) is 25.2 Å². The highest BCUT2D eigenvalue weighted by Crippen LogP contribution is 2.36. The molecule has 2 aromatic carbocycles. The van der Waals surface area contributed by atoms with Crippen LogP contribution in [0.25, 0.3) is 0 Å². The maximum Gasteiger partial charge on any atom is 0.338 e. The number of carbonyl (C=O) groups is 2. The van der Waals surface area contributed by atoms with Gasteiger partial charge in [-0.1, -0.05) is 49.2 Å². The van der Waals surface area contributed by atoms with Crippen LogP contribution >= 0.6 is 0 Å². The van der Waals surface area contributed by atoms with Crippen molar-refractivity contribution < 1.29 is 23.8 Å². The van der Waals surface area contributed by atoms with E-state index in [1.807, 2.05) is 56.3 Å². The minimum absolute atomic E-state index is 0.250. The van der Waals surface area contributed by atoms with Gasteiger partial charge in [0.15, 0.2) is 11.5 Å². The summed E-state index contributed by atoms with van der Waals surface area (Å²) < 4.78 is 17.2. The van der Waals surface area contributed by atoms with Gasteiger partial charge in [-0.15, -0.1) is 0 Å². The average molecular weight is 467 g/mol. The summed E-state index contributed by atoms with van der Waals surface area (Å²) in [7, 11) is 0. The first-order chi connectivity index (χ1) is 16.5. The molecule has 1 unspecified atom stereocenters. The molecule has 182 valence electrons. The standard InChI is InChI=1S/C27H34N2O5/c1-5-8-9-21-24(26(30)33-7-3)25(29-27(31)28-21)20-14-15-22(23(16-20)32-6-2)34-17-19-12-10-18(4)11-13-19/h10-16,25H,5-9,17H2,1-4H3,(H2,28,29,31). The van der Waals surface area contributed by atoms with Crippen LogP contribution in [0.1, 0.15) is 62.8 Å². The van der Waals surface area contributed by atoms with Crippen LogP contribution in [0, 0.1) is 6.92 Å². The van der Waals surface area contributed by atoms with E-state index < -0.39 is 12.0 Å². The Morgan fingerprint density at radius 2 is 1.74 bits per heavy atom. The van der Waals surface area contributed by atoms with Crippen molar-refractivity contribution in [3.63, 3.8) is 0 Å². The highest BCUT2D eigenvalue weighted by atomic mass is 16.5.